The molecule has 1 aromatic heterocycles. The molecule has 0 aliphatic carbocycles. The van der Waals surface area contributed by atoms with Crippen LogP contribution < -0.4 is 16.0 Å². The summed E-state index contributed by atoms with van der Waals surface area (Å²) >= 11 is 0. The number of aromatic nitrogens is 2. The van der Waals surface area contributed by atoms with Crippen LogP contribution >= 0.6 is 0 Å². The minimum Gasteiger partial charge on any atom is -0.480 e. The number of alkyl carbamates (subject to hydrolysis) is 1. The maximum atomic E-state index is 12.8. The number of carboxylic acids is 2. The molecule has 0 spiro atoms. The van der Waals surface area contributed by atoms with Crippen molar-refractivity contribution in [1.29, 1.82) is 0 Å². The molecule has 0 aliphatic rings. The highest BCUT2D eigenvalue weighted by Gasteiger charge is 2.22. The van der Waals surface area contributed by atoms with E-state index >= 15 is 0 Å². The number of carbonyl (C=O) groups excluding carboxylic acids is 3. The Morgan fingerprint density at radius 3 is 2.17 bits per heavy atom. The molecule has 0 saturated heterocycles. The largest absolute Gasteiger partial charge is 0.480 e. The SMILES string of the molecule is CC.O=C(O)CNC(=O)N(Cc1ccc(C(=O)NC[C@H](NC(=O)OCc2ccccc2)C(=O)O)cc1)Cc1nc2ccccc2[nH]1. The van der Waals surface area contributed by atoms with Gasteiger partial charge in [-0.25, -0.2) is 19.4 Å². The fourth-order valence-electron chi connectivity index (χ4n) is 4.11. The molecule has 46 heavy (non-hydrogen) atoms. The molecule has 4 amide bonds. The number of para-hydroxylation sites is 2. The topological polar surface area (TPSA) is 203 Å². The number of rotatable bonds is 13. The number of carboxylic acid groups (broad SMARTS) is 2. The van der Waals surface area contributed by atoms with Crippen LogP contribution in [-0.2, 0) is 34.0 Å². The number of ether oxygens (including phenoxy) is 1. The molecular weight excluding hydrogens is 596 g/mol. The molecule has 14 nitrogen and oxygen atoms in total. The van der Waals surface area contributed by atoms with Crippen molar-refractivity contribution >= 4 is 41.0 Å². The Labute approximate surface area is 264 Å². The van der Waals surface area contributed by atoms with Gasteiger partial charge in [0.25, 0.3) is 5.91 Å². The molecule has 6 N–H and O–H groups in total. The quantitative estimate of drug-likeness (QED) is 0.127. The van der Waals surface area contributed by atoms with Gasteiger partial charge < -0.3 is 40.8 Å². The van der Waals surface area contributed by atoms with Gasteiger partial charge in [0.2, 0.25) is 0 Å². The first-order chi connectivity index (χ1) is 22.2. The summed E-state index contributed by atoms with van der Waals surface area (Å²) in [5.41, 5.74) is 3.07. The van der Waals surface area contributed by atoms with E-state index in [0.717, 1.165) is 11.1 Å². The number of aliphatic carboxylic acids is 2. The Hall–Kier alpha value is -5.92. The van der Waals surface area contributed by atoms with E-state index in [1.165, 1.54) is 17.0 Å². The van der Waals surface area contributed by atoms with Gasteiger partial charge in [-0.3, -0.25) is 9.59 Å². The highest BCUT2D eigenvalue weighted by Crippen LogP contribution is 2.15. The van der Waals surface area contributed by atoms with Crippen molar-refractivity contribution in [2.75, 3.05) is 13.1 Å². The van der Waals surface area contributed by atoms with Crippen LogP contribution in [0.25, 0.3) is 11.0 Å². The number of benzene rings is 3. The first kappa shape index (κ1) is 34.6. The van der Waals surface area contributed by atoms with Crippen LogP contribution in [0.5, 0.6) is 0 Å². The molecule has 0 fully saturated rings. The van der Waals surface area contributed by atoms with E-state index in [9.17, 15) is 29.1 Å². The molecule has 0 bridgehead atoms. The molecule has 14 heteroatoms. The first-order valence-corrected chi connectivity index (χ1v) is 14.4. The van der Waals surface area contributed by atoms with Crippen LogP contribution in [0, 0.1) is 0 Å². The van der Waals surface area contributed by atoms with Crippen molar-refractivity contribution in [3.8, 4) is 0 Å². The van der Waals surface area contributed by atoms with Crippen LogP contribution in [0.2, 0.25) is 0 Å². The second-order valence-corrected chi connectivity index (χ2v) is 9.61. The van der Waals surface area contributed by atoms with Crippen molar-refractivity contribution in [3.63, 3.8) is 0 Å². The van der Waals surface area contributed by atoms with Crippen molar-refractivity contribution in [3.05, 3.63) is 101 Å². The summed E-state index contributed by atoms with van der Waals surface area (Å²) < 4.78 is 5.05. The molecule has 1 atom stereocenters. The van der Waals surface area contributed by atoms with Gasteiger partial charge in [-0.2, -0.15) is 0 Å². The third-order valence-corrected chi connectivity index (χ3v) is 6.32. The van der Waals surface area contributed by atoms with Crippen LogP contribution in [0.1, 0.15) is 41.2 Å². The normalized spacial score (nSPS) is 10.9. The van der Waals surface area contributed by atoms with Gasteiger partial charge in [-0.15, -0.1) is 0 Å². The second kappa shape index (κ2) is 17.4. The number of nitrogens with zero attached hydrogens (tertiary/aromatic N) is 2. The molecule has 0 saturated carbocycles. The maximum absolute atomic E-state index is 12.8. The molecule has 4 rings (SSSR count). The molecule has 4 aromatic rings. The van der Waals surface area contributed by atoms with Gasteiger partial charge >= 0.3 is 24.1 Å². The Bertz CT molecular complexity index is 1590. The zero-order valence-electron chi connectivity index (χ0n) is 25.4. The molecule has 0 radical (unpaired) electrons. The van der Waals surface area contributed by atoms with Gasteiger partial charge in [-0.1, -0.05) is 68.4 Å². The van der Waals surface area contributed by atoms with Crippen molar-refractivity contribution in [2.45, 2.75) is 39.6 Å². The van der Waals surface area contributed by atoms with E-state index in [1.807, 2.05) is 44.2 Å². The summed E-state index contributed by atoms with van der Waals surface area (Å²) in [5, 5.41) is 25.5. The van der Waals surface area contributed by atoms with E-state index in [-0.39, 0.29) is 25.3 Å². The fraction of sp³-hybridized carbons (Fsp3) is 0.250. The highest BCUT2D eigenvalue weighted by atomic mass is 16.5. The lowest BCUT2D eigenvalue weighted by Crippen LogP contribution is -2.48. The Morgan fingerprint density at radius 1 is 0.848 bits per heavy atom. The molecule has 3 aromatic carbocycles. The lowest BCUT2D eigenvalue weighted by molar-refractivity contribution is -0.139. The minimum absolute atomic E-state index is 0.0470. The number of fused-ring (bicyclic) bond motifs is 1. The third kappa shape index (κ3) is 10.7. The summed E-state index contributed by atoms with van der Waals surface area (Å²) in [6.45, 7) is 3.12. The Morgan fingerprint density at radius 2 is 1.52 bits per heavy atom. The van der Waals surface area contributed by atoms with Crippen molar-refractivity contribution in [1.82, 2.24) is 30.8 Å². The zero-order chi connectivity index (χ0) is 33.5. The zero-order valence-corrected chi connectivity index (χ0v) is 25.4. The fourth-order valence-corrected chi connectivity index (χ4v) is 4.11. The highest BCUT2D eigenvalue weighted by molar-refractivity contribution is 5.94. The van der Waals surface area contributed by atoms with Crippen molar-refractivity contribution < 1.29 is 38.9 Å². The van der Waals surface area contributed by atoms with Crippen molar-refractivity contribution in [2.24, 2.45) is 0 Å². The summed E-state index contributed by atoms with van der Waals surface area (Å²) in [7, 11) is 0. The summed E-state index contributed by atoms with van der Waals surface area (Å²) in [4.78, 5) is 69.2. The third-order valence-electron chi connectivity index (χ3n) is 6.32. The smallest absolute Gasteiger partial charge is 0.408 e. The van der Waals surface area contributed by atoms with Crippen LogP contribution in [-0.4, -0.2) is 74.2 Å². The second-order valence-electron chi connectivity index (χ2n) is 9.61. The van der Waals surface area contributed by atoms with Gasteiger partial charge in [0.1, 0.15) is 25.0 Å². The van der Waals surface area contributed by atoms with Gasteiger partial charge in [0.15, 0.2) is 0 Å². The number of amides is 4. The van der Waals surface area contributed by atoms with E-state index < -0.39 is 49.1 Å². The molecule has 1 heterocycles. The summed E-state index contributed by atoms with van der Waals surface area (Å²) in [6.07, 6.45) is -0.945. The number of imidazole rings is 1. The Balaban J connectivity index is 0.00000282. The standard InChI is InChI=1S/C30H30N6O8.C2H6/c37-26(38)15-32-29(42)36(17-25-33-22-8-4-5-9-23(22)34-25)16-19-10-12-21(13-11-19)27(39)31-14-24(28(40)41)35-30(43)44-18-20-6-2-1-3-7-20;1-2/h1-13,24H,14-18H2,(H,31,39)(H,32,42)(H,33,34)(H,35,43)(H,37,38)(H,40,41);1-2H3/t24-;/m0./s1. The number of hydrogen-bond donors (Lipinski definition) is 6. The van der Waals surface area contributed by atoms with Crippen LogP contribution in [0.4, 0.5) is 9.59 Å². The van der Waals surface area contributed by atoms with Gasteiger partial charge in [0.05, 0.1) is 17.6 Å². The number of urea groups is 1. The van der Waals surface area contributed by atoms with Gasteiger partial charge in [-0.05, 0) is 35.4 Å². The maximum Gasteiger partial charge on any atom is 0.408 e. The number of nitrogens with one attached hydrogen (secondary N) is 4. The Kier molecular flexibility index (Phi) is 13.1. The van der Waals surface area contributed by atoms with E-state index in [2.05, 4.69) is 25.9 Å². The van der Waals surface area contributed by atoms with E-state index in [0.29, 0.717) is 16.9 Å². The lowest BCUT2D eigenvalue weighted by Gasteiger charge is -2.22. The monoisotopic (exact) mass is 632 g/mol. The summed E-state index contributed by atoms with van der Waals surface area (Å²) in [5.74, 6) is -2.64. The number of carbonyl (C=O) groups is 5. The van der Waals surface area contributed by atoms with Crippen LogP contribution in [0.15, 0.2) is 78.9 Å². The predicted octanol–water partition coefficient (Wildman–Crippen LogP) is 3.49. The first-order valence-electron chi connectivity index (χ1n) is 14.4. The number of H-pyrrole nitrogens is 1. The van der Waals surface area contributed by atoms with E-state index in [4.69, 9.17) is 9.84 Å². The molecule has 0 unspecified atom stereocenters. The molecule has 0 aliphatic heterocycles. The molecular formula is C32H36N6O8. The number of hydrogen-bond acceptors (Lipinski definition) is 7. The molecule has 242 valence electrons. The van der Waals surface area contributed by atoms with Gasteiger partial charge in [0, 0.05) is 18.7 Å². The van der Waals surface area contributed by atoms with E-state index in [1.54, 1.807) is 36.4 Å². The van der Waals surface area contributed by atoms with Crippen LogP contribution in [0.3, 0.4) is 0 Å². The average Bonchev–Trinajstić information content (AvgIpc) is 3.48. The predicted molar refractivity (Wildman–Crippen MR) is 168 cm³/mol. The summed E-state index contributed by atoms with van der Waals surface area (Å²) in [6, 6.07) is 20.4. The number of aromatic amines is 1. The average molecular weight is 633 g/mol. The lowest BCUT2D eigenvalue weighted by atomic mass is 10.1. The minimum atomic E-state index is -1.43.